The van der Waals surface area contributed by atoms with Crippen LogP contribution in [0.4, 0.5) is 4.39 Å². The summed E-state index contributed by atoms with van der Waals surface area (Å²) in [6.07, 6.45) is 2.31. The maximum absolute atomic E-state index is 13.1. The number of benzene rings is 1. The first-order valence-corrected chi connectivity index (χ1v) is 7.66. The number of hydrogen-bond acceptors (Lipinski definition) is 1. The molecule has 0 N–H and O–H groups in total. The van der Waals surface area contributed by atoms with Crippen molar-refractivity contribution in [1.29, 1.82) is 0 Å². The highest BCUT2D eigenvalue weighted by atomic mass is 79.9. The molecule has 0 amide bonds. The van der Waals surface area contributed by atoms with Gasteiger partial charge in [-0.05, 0) is 43.0 Å². The van der Waals surface area contributed by atoms with Gasteiger partial charge in [0.1, 0.15) is 5.82 Å². The van der Waals surface area contributed by atoms with Gasteiger partial charge in [-0.1, -0.05) is 41.9 Å². The Labute approximate surface area is 119 Å². The van der Waals surface area contributed by atoms with Crippen LogP contribution in [0.15, 0.2) is 24.3 Å². The molecule has 1 nitrogen and oxygen atoms in total. The molecule has 3 heteroatoms. The van der Waals surface area contributed by atoms with Crippen LogP contribution in [0.5, 0.6) is 0 Å². The second-order valence-electron chi connectivity index (χ2n) is 5.14. The quantitative estimate of drug-likeness (QED) is 0.671. The van der Waals surface area contributed by atoms with Gasteiger partial charge in [-0.25, -0.2) is 4.39 Å². The summed E-state index contributed by atoms with van der Waals surface area (Å²) < 4.78 is 13.1. The minimum atomic E-state index is -0.154. The standard InChI is InChI=1S/C15H23BrFN/c1-4-15(5-2,11-16)12-18(3)10-13-7-6-8-14(17)9-13/h6-9H,4-5,10-12H2,1-3H3. The lowest BCUT2D eigenvalue weighted by atomic mass is 9.84. The van der Waals surface area contributed by atoms with Gasteiger partial charge in [0.2, 0.25) is 0 Å². The van der Waals surface area contributed by atoms with Crippen molar-refractivity contribution in [3.63, 3.8) is 0 Å². The molecule has 0 saturated carbocycles. The molecule has 0 heterocycles. The number of rotatable bonds is 7. The predicted octanol–water partition coefficient (Wildman–Crippen LogP) is 4.46. The highest BCUT2D eigenvalue weighted by Crippen LogP contribution is 2.29. The Hall–Kier alpha value is -0.410. The fourth-order valence-electron chi connectivity index (χ4n) is 2.28. The minimum Gasteiger partial charge on any atom is -0.302 e. The van der Waals surface area contributed by atoms with E-state index in [0.717, 1.165) is 36.8 Å². The zero-order valence-corrected chi connectivity index (χ0v) is 13.1. The molecule has 0 fully saturated rings. The average molecular weight is 316 g/mol. The van der Waals surface area contributed by atoms with Crippen molar-refractivity contribution in [3.8, 4) is 0 Å². The van der Waals surface area contributed by atoms with Crippen LogP contribution in [-0.2, 0) is 6.54 Å². The van der Waals surface area contributed by atoms with E-state index in [2.05, 4.69) is 41.7 Å². The minimum absolute atomic E-state index is 0.154. The van der Waals surface area contributed by atoms with Gasteiger partial charge < -0.3 is 4.90 Å². The first-order chi connectivity index (χ1) is 8.55. The molecular weight excluding hydrogens is 293 g/mol. The second-order valence-corrected chi connectivity index (χ2v) is 5.70. The maximum Gasteiger partial charge on any atom is 0.123 e. The lowest BCUT2D eigenvalue weighted by molar-refractivity contribution is 0.180. The lowest BCUT2D eigenvalue weighted by Crippen LogP contribution is -2.36. The first-order valence-electron chi connectivity index (χ1n) is 6.54. The lowest BCUT2D eigenvalue weighted by Gasteiger charge is -2.34. The van der Waals surface area contributed by atoms with Gasteiger partial charge in [0.25, 0.3) is 0 Å². The van der Waals surface area contributed by atoms with Crippen LogP contribution in [-0.4, -0.2) is 23.8 Å². The van der Waals surface area contributed by atoms with Crippen molar-refractivity contribution < 1.29 is 4.39 Å². The molecular formula is C15H23BrFN. The number of halogens is 2. The number of hydrogen-bond donors (Lipinski definition) is 0. The normalized spacial score (nSPS) is 12.1. The van der Waals surface area contributed by atoms with Crippen LogP contribution in [0.1, 0.15) is 32.3 Å². The fourth-order valence-corrected chi connectivity index (χ4v) is 3.25. The van der Waals surface area contributed by atoms with E-state index < -0.39 is 0 Å². The van der Waals surface area contributed by atoms with E-state index in [9.17, 15) is 4.39 Å². The van der Waals surface area contributed by atoms with Gasteiger partial charge in [0.15, 0.2) is 0 Å². The molecule has 0 aliphatic rings. The number of alkyl halides is 1. The van der Waals surface area contributed by atoms with Crippen LogP contribution < -0.4 is 0 Å². The molecule has 0 aromatic heterocycles. The highest BCUT2D eigenvalue weighted by molar-refractivity contribution is 9.09. The van der Waals surface area contributed by atoms with Crippen molar-refractivity contribution in [3.05, 3.63) is 35.6 Å². The van der Waals surface area contributed by atoms with Gasteiger partial charge >= 0.3 is 0 Å². The third kappa shape index (κ3) is 4.36. The van der Waals surface area contributed by atoms with Crippen LogP contribution in [0, 0.1) is 11.2 Å². The summed E-state index contributed by atoms with van der Waals surface area (Å²) >= 11 is 3.63. The Morgan fingerprint density at radius 1 is 1.28 bits per heavy atom. The van der Waals surface area contributed by atoms with Gasteiger partial charge in [-0.3, -0.25) is 0 Å². The molecule has 0 unspecified atom stereocenters. The topological polar surface area (TPSA) is 3.24 Å². The van der Waals surface area contributed by atoms with Crippen molar-refractivity contribution in [2.45, 2.75) is 33.2 Å². The summed E-state index contributed by atoms with van der Waals surface area (Å²) in [5, 5.41) is 1.01. The second kappa shape index (κ2) is 7.25. The van der Waals surface area contributed by atoms with Crippen molar-refractivity contribution >= 4 is 15.9 Å². The Morgan fingerprint density at radius 2 is 1.94 bits per heavy atom. The van der Waals surface area contributed by atoms with E-state index in [1.165, 1.54) is 6.07 Å². The monoisotopic (exact) mass is 315 g/mol. The summed E-state index contributed by atoms with van der Waals surface area (Å²) in [6.45, 7) is 6.30. The fraction of sp³-hybridized carbons (Fsp3) is 0.600. The van der Waals surface area contributed by atoms with Crippen LogP contribution in [0.25, 0.3) is 0 Å². The van der Waals surface area contributed by atoms with Gasteiger partial charge in [-0.2, -0.15) is 0 Å². The van der Waals surface area contributed by atoms with Crippen LogP contribution in [0.3, 0.4) is 0 Å². The molecule has 18 heavy (non-hydrogen) atoms. The molecule has 0 spiro atoms. The zero-order valence-electron chi connectivity index (χ0n) is 11.5. The van der Waals surface area contributed by atoms with Crippen molar-refractivity contribution in [2.75, 3.05) is 18.9 Å². The summed E-state index contributed by atoms with van der Waals surface area (Å²) in [7, 11) is 2.10. The third-order valence-electron chi connectivity index (χ3n) is 3.73. The molecule has 102 valence electrons. The summed E-state index contributed by atoms with van der Waals surface area (Å²) in [4.78, 5) is 2.28. The first kappa shape index (κ1) is 15.6. The summed E-state index contributed by atoms with van der Waals surface area (Å²) in [5.41, 5.74) is 1.36. The number of nitrogens with zero attached hydrogens (tertiary/aromatic N) is 1. The SMILES string of the molecule is CCC(CC)(CBr)CN(C)Cc1cccc(F)c1. The molecule has 0 bridgehead atoms. The van der Waals surface area contributed by atoms with Crippen molar-refractivity contribution in [1.82, 2.24) is 4.90 Å². The van der Waals surface area contributed by atoms with E-state index in [0.29, 0.717) is 5.41 Å². The molecule has 0 saturated heterocycles. The Morgan fingerprint density at radius 3 is 2.44 bits per heavy atom. The van der Waals surface area contributed by atoms with Crippen LogP contribution >= 0.6 is 15.9 Å². The van der Waals surface area contributed by atoms with Gasteiger partial charge in [-0.15, -0.1) is 0 Å². The van der Waals surface area contributed by atoms with E-state index in [1.54, 1.807) is 12.1 Å². The Balaban J connectivity index is 2.63. The molecule has 1 aromatic rings. The third-order valence-corrected chi connectivity index (χ3v) is 4.92. The maximum atomic E-state index is 13.1. The molecule has 0 radical (unpaired) electrons. The van der Waals surface area contributed by atoms with Gasteiger partial charge in [0, 0.05) is 18.4 Å². The molecule has 0 atom stereocenters. The average Bonchev–Trinajstić information content (AvgIpc) is 2.36. The Kier molecular flexibility index (Phi) is 6.30. The smallest absolute Gasteiger partial charge is 0.123 e. The molecule has 0 aliphatic heterocycles. The summed E-state index contributed by atoms with van der Waals surface area (Å²) in [6, 6.07) is 6.86. The largest absolute Gasteiger partial charge is 0.302 e. The Bertz CT molecular complexity index is 355. The van der Waals surface area contributed by atoms with Crippen molar-refractivity contribution in [2.24, 2.45) is 5.41 Å². The van der Waals surface area contributed by atoms with E-state index >= 15 is 0 Å². The van der Waals surface area contributed by atoms with Gasteiger partial charge in [0.05, 0.1) is 0 Å². The molecule has 0 aliphatic carbocycles. The zero-order chi connectivity index (χ0) is 13.6. The van der Waals surface area contributed by atoms with E-state index in [4.69, 9.17) is 0 Å². The molecule has 1 rings (SSSR count). The molecule has 1 aromatic carbocycles. The van der Waals surface area contributed by atoms with E-state index in [-0.39, 0.29) is 5.82 Å². The summed E-state index contributed by atoms with van der Waals surface area (Å²) in [5.74, 6) is -0.154. The highest BCUT2D eigenvalue weighted by Gasteiger charge is 2.26. The van der Waals surface area contributed by atoms with E-state index in [1.807, 2.05) is 6.07 Å². The predicted molar refractivity (Wildman–Crippen MR) is 79.5 cm³/mol. The van der Waals surface area contributed by atoms with Crippen LogP contribution in [0.2, 0.25) is 0 Å².